The van der Waals surface area contributed by atoms with Crippen LogP contribution in [-0.2, 0) is 0 Å². The van der Waals surface area contributed by atoms with E-state index in [0.29, 0.717) is 11.5 Å². The van der Waals surface area contributed by atoms with E-state index >= 15 is 0 Å². The van der Waals surface area contributed by atoms with Gasteiger partial charge in [-0.2, -0.15) is 0 Å². The van der Waals surface area contributed by atoms with E-state index in [2.05, 4.69) is 32.6 Å². The van der Waals surface area contributed by atoms with E-state index in [1.54, 1.807) is 0 Å². The van der Waals surface area contributed by atoms with Crippen molar-refractivity contribution in [1.29, 1.82) is 0 Å². The number of hydrogen-bond acceptors (Lipinski definition) is 2. The molecule has 4 unspecified atom stereocenters. The Bertz CT molecular complexity index is 283. The van der Waals surface area contributed by atoms with Gasteiger partial charge in [0.15, 0.2) is 0 Å². The summed E-state index contributed by atoms with van der Waals surface area (Å²) in [5.41, 5.74) is 0.439. The fourth-order valence-electron chi connectivity index (χ4n) is 4.04. The summed E-state index contributed by atoms with van der Waals surface area (Å²) in [5.74, 6) is 1.63. The van der Waals surface area contributed by atoms with Crippen molar-refractivity contribution in [2.24, 2.45) is 17.3 Å². The first kappa shape index (κ1) is 15.3. The minimum atomic E-state index is -0.0811. The zero-order valence-electron chi connectivity index (χ0n) is 13.4. The molecule has 1 heterocycles. The highest BCUT2D eigenvalue weighted by atomic mass is 16.3. The summed E-state index contributed by atoms with van der Waals surface area (Å²) < 4.78 is 0. The maximum atomic E-state index is 10.3. The molecule has 0 spiro atoms. The number of rotatable bonds is 1. The lowest BCUT2D eigenvalue weighted by Gasteiger charge is -2.39. The standard InChI is InChI=1S/C17H33NO/c1-13-7-8-16(19)15(12-13)18-10-5-6-14(9-11-18)17(2,3)4/h13-16,19H,5-12H2,1-4H3. The van der Waals surface area contributed by atoms with Crippen molar-refractivity contribution in [1.82, 2.24) is 4.90 Å². The van der Waals surface area contributed by atoms with Gasteiger partial charge in [-0.25, -0.2) is 0 Å². The Labute approximate surface area is 119 Å². The minimum Gasteiger partial charge on any atom is -0.391 e. The normalized spacial score (nSPS) is 39.0. The number of nitrogens with zero attached hydrogens (tertiary/aromatic N) is 1. The largest absolute Gasteiger partial charge is 0.391 e. The molecule has 1 N–H and O–H groups in total. The summed E-state index contributed by atoms with van der Waals surface area (Å²) in [6.07, 6.45) is 7.30. The summed E-state index contributed by atoms with van der Waals surface area (Å²) in [7, 11) is 0. The van der Waals surface area contributed by atoms with Gasteiger partial charge in [0.1, 0.15) is 0 Å². The molecule has 19 heavy (non-hydrogen) atoms. The molecule has 2 heteroatoms. The molecule has 0 bridgehead atoms. The first-order valence-electron chi connectivity index (χ1n) is 8.30. The Morgan fingerprint density at radius 2 is 1.74 bits per heavy atom. The molecule has 4 atom stereocenters. The van der Waals surface area contributed by atoms with E-state index in [4.69, 9.17) is 0 Å². The molecule has 112 valence electrons. The van der Waals surface area contributed by atoms with Gasteiger partial charge in [-0.1, -0.05) is 27.7 Å². The first-order valence-corrected chi connectivity index (χ1v) is 8.30. The van der Waals surface area contributed by atoms with E-state index < -0.39 is 0 Å². The van der Waals surface area contributed by atoms with Gasteiger partial charge in [0.05, 0.1) is 6.10 Å². The molecule has 1 saturated heterocycles. The second-order valence-electron chi connectivity index (χ2n) is 8.08. The van der Waals surface area contributed by atoms with Crippen LogP contribution in [0.4, 0.5) is 0 Å². The summed E-state index contributed by atoms with van der Waals surface area (Å²) in [4.78, 5) is 2.60. The molecule has 0 radical (unpaired) electrons. The van der Waals surface area contributed by atoms with Crippen LogP contribution in [-0.4, -0.2) is 35.2 Å². The van der Waals surface area contributed by atoms with Crippen molar-refractivity contribution in [3.05, 3.63) is 0 Å². The second-order valence-corrected chi connectivity index (χ2v) is 8.08. The highest BCUT2D eigenvalue weighted by Crippen LogP contribution is 2.36. The van der Waals surface area contributed by atoms with E-state index in [1.165, 1.54) is 45.2 Å². The highest BCUT2D eigenvalue weighted by molar-refractivity contribution is 4.88. The molecule has 1 saturated carbocycles. The van der Waals surface area contributed by atoms with Gasteiger partial charge in [0, 0.05) is 6.04 Å². The van der Waals surface area contributed by atoms with E-state index in [0.717, 1.165) is 18.3 Å². The average molecular weight is 267 g/mol. The predicted octanol–water partition coefficient (Wildman–Crippen LogP) is 3.68. The van der Waals surface area contributed by atoms with Crippen molar-refractivity contribution in [2.75, 3.05) is 13.1 Å². The zero-order chi connectivity index (χ0) is 14.0. The molecule has 2 rings (SSSR count). The number of hydrogen-bond donors (Lipinski definition) is 1. The predicted molar refractivity (Wildman–Crippen MR) is 81.2 cm³/mol. The number of aliphatic hydroxyl groups excluding tert-OH is 1. The van der Waals surface area contributed by atoms with Crippen LogP contribution in [0.1, 0.15) is 66.2 Å². The van der Waals surface area contributed by atoms with Crippen LogP contribution in [0.25, 0.3) is 0 Å². The third-order valence-electron chi connectivity index (χ3n) is 5.50. The second kappa shape index (κ2) is 6.13. The summed E-state index contributed by atoms with van der Waals surface area (Å²) >= 11 is 0. The fraction of sp³-hybridized carbons (Fsp3) is 1.00. The van der Waals surface area contributed by atoms with Gasteiger partial charge >= 0.3 is 0 Å². The maximum Gasteiger partial charge on any atom is 0.0695 e. The lowest BCUT2D eigenvalue weighted by atomic mass is 9.76. The molecule has 1 aliphatic heterocycles. The average Bonchev–Trinajstić information content (AvgIpc) is 2.57. The molecule has 0 aromatic rings. The fourth-order valence-corrected chi connectivity index (χ4v) is 4.04. The van der Waals surface area contributed by atoms with Crippen LogP contribution in [0.15, 0.2) is 0 Å². The Kier molecular flexibility index (Phi) is 4.94. The van der Waals surface area contributed by atoms with Crippen molar-refractivity contribution >= 4 is 0 Å². The van der Waals surface area contributed by atoms with Gasteiger partial charge in [0.2, 0.25) is 0 Å². The van der Waals surface area contributed by atoms with Crippen molar-refractivity contribution in [3.8, 4) is 0 Å². The lowest BCUT2D eigenvalue weighted by Crippen LogP contribution is -2.47. The Morgan fingerprint density at radius 1 is 1.00 bits per heavy atom. The van der Waals surface area contributed by atoms with Gasteiger partial charge < -0.3 is 5.11 Å². The van der Waals surface area contributed by atoms with Crippen LogP contribution in [0.2, 0.25) is 0 Å². The van der Waals surface area contributed by atoms with Crippen molar-refractivity contribution in [2.45, 2.75) is 78.4 Å². The third-order valence-corrected chi connectivity index (χ3v) is 5.50. The molecule has 0 aromatic heterocycles. The van der Waals surface area contributed by atoms with Gasteiger partial charge in [-0.05, 0) is 68.9 Å². The van der Waals surface area contributed by atoms with Gasteiger partial charge in [-0.3, -0.25) is 4.90 Å². The van der Waals surface area contributed by atoms with Crippen LogP contribution in [0, 0.1) is 17.3 Å². The summed E-state index contributed by atoms with van der Waals surface area (Å²) in [6.45, 7) is 11.9. The third kappa shape index (κ3) is 3.95. The van der Waals surface area contributed by atoms with Crippen molar-refractivity contribution < 1.29 is 5.11 Å². The lowest BCUT2D eigenvalue weighted by molar-refractivity contribution is 0.00603. The summed E-state index contributed by atoms with van der Waals surface area (Å²) in [5, 5.41) is 10.3. The number of aliphatic hydroxyl groups is 1. The van der Waals surface area contributed by atoms with Crippen LogP contribution < -0.4 is 0 Å². The van der Waals surface area contributed by atoms with E-state index in [1.807, 2.05) is 0 Å². The smallest absolute Gasteiger partial charge is 0.0695 e. The summed E-state index contributed by atoms with van der Waals surface area (Å²) in [6, 6.07) is 0.433. The highest BCUT2D eigenvalue weighted by Gasteiger charge is 2.34. The topological polar surface area (TPSA) is 23.5 Å². The molecule has 1 aliphatic carbocycles. The molecule has 0 aromatic carbocycles. The Morgan fingerprint density at radius 3 is 2.42 bits per heavy atom. The van der Waals surface area contributed by atoms with E-state index in [9.17, 15) is 5.11 Å². The zero-order valence-corrected chi connectivity index (χ0v) is 13.4. The molecule has 2 nitrogen and oxygen atoms in total. The Hall–Kier alpha value is -0.0800. The molecular weight excluding hydrogens is 234 g/mol. The van der Waals surface area contributed by atoms with Crippen LogP contribution in [0.5, 0.6) is 0 Å². The number of likely N-dealkylation sites (tertiary alicyclic amines) is 1. The Balaban J connectivity index is 1.95. The van der Waals surface area contributed by atoms with Crippen LogP contribution >= 0.6 is 0 Å². The van der Waals surface area contributed by atoms with Crippen molar-refractivity contribution in [3.63, 3.8) is 0 Å². The van der Waals surface area contributed by atoms with Gasteiger partial charge in [0.25, 0.3) is 0 Å². The SMILES string of the molecule is CC1CCC(O)C(N2CCCC(C(C)(C)C)CC2)C1. The first-order chi connectivity index (χ1) is 8.88. The molecular formula is C17H33NO. The van der Waals surface area contributed by atoms with Gasteiger partial charge in [-0.15, -0.1) is 0 Å². The monoisotopic (exact) mass is 267 g/mol. The molecule has 2 fully saturated rings. The minimum absolute atomic E-state index is 0.0811. The maximum absolute atomic E-state index is 10.3. The molecule has 2 aliphatic rings. The quantitative estimate of drug-likeness (QED) is 0.783. The van der Waals surface area contributed by atoms with E-state index in [-0.39, 0.29) is 6.10 Å². The van der Waals surface area contributed by atoms with Crippen LogP contribution in [0.3, 0.4) is 0 Å². The molecule has 0 amide bonds.